The Morgan fingerprint density at radius 1 is 1.06 bits per heavy atom. The Bertz CT molecular complexity index is 1040. The zero-order valence-electron chi connectivity index (χ0n) is 22.2. The molecule has 5 rings (SSSR count). The summed E-state index contributed by atoms with van der Waals surface area (Å²) in [5, 5.41) is 12.8. The summed E-state index contributed by atoms with van der Waals surface area (Å²) in [6.07, 6.45) is 9.53. The maximum absolute atomic E-state index is 14.2. The number of carbonyl (C=O) groups excluding carboxylic acids is 3. The second-order valence-corrected chi connectivity index (χ2v) is 13.8. The number of allylic oxidation sites excluding steroid dienone is 2. The standard InChI is InChI=1S/C30H42N2O3/c1-6-32-26(35)30-10-8-20-25(21(30)16-27(2,3)11-12-30)23(34)14-24-28(20,4)9-7-19-13-22(33)18(17-31)15-29(19,24)5/h15,19-21,24-25H,6-14,16H2,1-5H3,(H,32,35). The molecule has 0 saturated heterocycles. The fourth-order valence-electron chi connectivity index (χ4n) is 9.77. The van der Waals surface area contributed by atoms with E-state index < -0.39 is 5.41 Å². The highest BCUT2D eigenvalue weighted by Crippen LogP contribution is 2.70. The van der Waals surface area contributed by atoms with Crippen LogP contribution in [-0.2, 0) is 14.4 Å². The molecule has 0 aromatic heterocycles. The van der Waals surface area contributed by atoms with Crippen molar-refractivity contribution in [2.75, 3.05) is 6.54 Å². The minimum Gasteiger partial charge on any atom is -0.356 e. The molecule has 0 aromatic carbocycles. The Hall–Kier alpha value is -1.96. The number of ketones is 2. The number of nitrogens with zero attached hydrogens (tertiary/aromatic N) is 1. The van der Waals surface area contributed by atoms with Crippen molar-refractivity contribution < 1.29 is 14.4 Å². The topological polar surface area (TPSA) is 87.0 Å². The van der Waals surface area contributed by atoms with Crippen molar-refractivity contribution in [2.24, 2.45) is 51.2 Å². The summed E-state index contributed by atoms with van der Waals surface area (Å²) in [6.45, 7) is 11.8. The normalized spacial score (nSPS) is 46.2. The minimum absolute atomic E-state index is 0.0176. The molecule has 0 spiro atoms. The van der Waals surface area contributed by atoms with E-state index in [0.29, 0.717) is 25.2 Å². The molecule has 35 heavy (non-hydrogen) atoms. The maximum Gasteiger partial charge on any atom is 0.226 e. The van der Waals surface area contributed by atoms with Gasteiger partial charge >= 0.3 is 0 Å². The third-order valence-corrected chi connectivity index (χ3v) is 11.7. The van der Waals surface area contributed by atoms with E-state index in [-0.39, 0.29) is 63.1 Å². The first-order valence-corrected chi connectivity index (χ1v) is 13.9. The predicted octanol–water partition coefficient (Wildman–Crippen LogP) is 5.40. The van der Waals surface area contributed by atoms with Crippen molar-refractivity contribution in [2.45, 2.75) is 92.4 Å². The van der Waals surface area contributed by atoms with Crippen LogP contribution in [0.1, 0.15) is 92.4 Å². The van der Waals surface area contributed by atoms with Gasteiger partial charge in [0.2, 0.25) is 5.91 Å². The van der Waals surface area contributed by atoms with Crippen LogP contribution in [0.4, 0.5) is 0 Å². The van der Waals surface area contributed by atoms with E-state index in [1.165, 1.54) is 0 Å². The summed E-state index contributed by atoms with van der Waals surface area (Å²) in [5.41, 5.74) is -0.311. The predicted molar refractivity (Wildman–Crippen MR) is 134 cm³/mol. The van der Waals surface area contributed by atoms with E-state index in [2.05, 4.69) is 39.1 Å². The van der Waals surface area contributed by atoms with E-state index in [1.54, 1.807) is 0 Å². The van der Waals surface area contributed by atoms with Crippen LogP contribution in [0, 0.1) is 62.6 Å². The van der Waals surface area contributed by atoms with Crippen LogP contribution in [0.15, 0.2) is 11.6 Å². The molecular formula is C30H42N2O3. The van der Waals surface area contributed by atoms with Gasteiger partial charge in [-0.05, 0) is 91.8 Å². The number of hydrogen-bond acceptors (Lipinski definition) is 4. The summed E-state index contributed by atoms with van der Waals surface area (Å²) in [5.74, 6) is 1.13. The van der Waals surface area contributed by atoms with Crippen molar-refractivity contribution in [3.05, 3.63) is 11.6 Å². The largest absolute Gasteiger partial charge is 0.356 e. The summed E-state index contributed by atoms with van der Waals surface area (Å²) in [6, 6.07) is 2.15. The highest BCUT2D eigenvalue weighted by atomic mass is 16.2. The van der Waals surface area contributed by atoms with Crippen LogP contribution in [0.2, 0.25) is 0 Å². The summed E-state index contributed by atoms with van der Waals surface area (Å²) in [4.78, 5) is 40.2. The Morgan fingerprint density at radius 2 is 1.80 bits per heavy atom. The summed E-state index contributed by atoms with van der Waals surface area (Å²) < 4.78 is 0. The van der Waals surface area contributed by atoms with Crippen molar-refractivity contribution in [3.8, 4) is 6.07 Å². The van der Waals surface area contributed by atoms with Crippen molar-refractivity contribution in [3.63, 3.8) is 0 Å². The van der Waals surface area contributed by atoms with Crippen LogP contribution in [0.3, 0.4) is 0 Å². The van der Waals surface area contributed by atoms with E-state index in [1.807, 2.05) is 13.0 Å². The van der Waals surface area contributed by atoms with Gasteiger partial charge in [-0.1, -0.05) is 33.8 Å². The van der Waals surface area contributed by atoms with Crippen LogP contribution < -0.4 is 5.32 Å². The monoisotopic (exact) mass is 478 g/mol. The average Bonchev–Trinajstić information content (AvgIpc) is 2.80. The van der Waals surface area contributed by atoms with Gasteiger partial charge in [-0.3, -0.25) is 14.4 Å². The van der Waals surface area contributed by atoms with Crippen LogP contribution in [0.25, 0.3) is 0 Å². The molecule has 5 nitrogen and oxygen atoms in total. The fraction of sp³-hybridized carbons (Fsp3) is 0.800. The molecule has 0 radical (unpaired) electrons. The van der Waals surface area contributed by atoms with Gasteiger partial charge in [0.25, 0.3) is 0 Å². The Kier molecular flexibility index (Phi) is 5.67. The number of nitriles is 1. The van der Waals surface area contributed by atoms with Gasteiger partial charge in [-0.2, -0.15) is 5.26 Å². The first-order chi connectivity index (χ1) is 16.4. The molecule has 4 saturated carbocycles. The summed E-state index contributed by atoms with van der Waals surface area (Å²) >= 11 is 0. The third kappa shape index (κ3) is 3.41. The van der Waals surface area contributed by atoms with Gasteiger partial charge in [0, 0.05) is 25.3 Å². The molecule has 190 valence electrons. The van der Waals surface area contributed by atoms with E-state index in [9.17, 15) is 19.6 Å². The van der Waals surface area contributed by atoms with Crippen LogP contribution >= 0.6 is 0 Å². The highest BCUT2D eigenvalue weighted by molar-refractivity contribution is 6.00. The lowest BCUT2D eigenvalue weighted by Gasteiger charge is -2.66. The quantitative estimate of drug-likeness (QED) is 0.576. The lowest BCUT2D eigenvalue weighted by molar-refractivity contribution is -0.186. The number of nitrogens with one attached hydrogen (secondary N) is 1. The lowest BCUT2D eigenvalue weighted by Crippen LogP contribution is -2.65. The molecule has 5 aliphatic carbocycles. The zero-order valence-corrected chi connectivity index (χ0v) is 22.2. The smallest absolute Gasteiger partial charge is 0.226 e. The van der Waals surface area contributed by atoms with E-state index in [4.69, 9.17) is 0 Å². The molecule has 1 N–H and O–H groups in total. The molecule has 4 fully saturated rings. The number of hydrogen-bond donors (Lipinski definition) is 1. The van der Waals surface area contributed by atoms with Crippen LogP contribution in [-0.4, -0.2) is 24.0 Å². The maximum atomic E-state index is 14.2. The van der Waals surface area contributed by atoms with E-state index in [0.717, 1.165) is 44.9 Å². The third-order valence-electron chi connectivity index (χ3n) is 11.7. The Morgan fingerprint density at radius 3 is 2.49 bits per heavy atom. The molecule has 0 aromatic rings. The van der Waals surface area contributed by atoms with Gasteiger partial charge in [0.1, 0.15) is 11.9 Å². The number of Topliss-reactive ketones (excluding diaryl/α,β-unsaturated/α-hetero) is 2. The molecule has 0 heterocycles. The Balaban J connectivity index is 1.56. The van der Waals surface area contributed by atoms with Crippen LogP contribution in [0.5, 0.6) is 0 Å². The first-order valence-electron chi connectivity index (χ1n) is 13.9. The summed E-state index contributed by atoms with van der Waals surface area (Å²) in [7, 11) is 0. The number of carbonyl (C=O) groups is 3. The van der Waals surface area contributed by atoms with E-state index >= 15 is 0 Å². The van der Waals surface area contributed by atoms with Crippen molar-refractivity contribution in [1.29, 1.82) is 5.26 Å². The van der Waals surface area contributed by atoms with Gasteiger partial charge in [0.05, 0.1) is 11.0 Å². The SMILES string of the molecule is CCNC(=O)C12CCC3C(C(=O)CC4C5(C)C=C(C#N)C(=O)CC5CCC34C)C1CC(C)(C)CC2. The van der Waals surface area contributed by atoms with Crippen molar-refractivity contribution in [1.82, 2.24) is 5.32 Å². The number of fused-ring (bicyclic) bond motifs is 7. The number of amides is 1. The molecule has 8 unspecified atom stereocenters. The van der Waals surface area contributed by atoms with Gasteiger partial charge in [-0.15, -0.1) is 0 Å². The molecule has 1 amide bonds. The van der Waals surface area contributed by atoms with Gasteiger partial charge in [0.15, 0.2) is 5.78 Å². The minimum atomic E-state index is -0.419. The molecule has 0 bridgehead atoms. The first kappa shape index (κ1) is 24.7. The number of rotatable bonds is 2. The fourth-order valence-corrected chi connectivity index (χ4v) is 9.77. The molecule has 5 aliphatic rings. The molecule has 5 heteroatoms. The molecular weight excluding hydrogens is 436 g/mol. The average molecular weight is 479 g/mol. The van der Waals surface area contributed by atoms with Crippen molar-refractivity contribution >= 4 is 17.5 Å². The molecule has 0 aliphatic heterocycles. The Labute approximate surface area is 210 Å². The molecule has 8 atom stereocenters. The second-order valence-electron chi connectivity index (χ2n) is 13.8. The zero-order chi connectivity index (χ0) is 25.4. The van der Waals surface area contributed by atoms with Gasteiger partial charge in [-0.25, -0.2) is 0 Å². The second kappa shape index (κ2) is 8.02. The lowest BCUT2D eigenvalue weighted by atomic mass is 9.37. The highest BCUT2D eigenvalue weighted by Gasteiger charge is 2.67. The van der Waals surface area contributed by atoms with Gasteiger partial charge < -0.3 is 5.32 Å².